The molecule has 1 aromatic rings. The molecule has 0 aromatic heterocycles. The van der Waals surface area contributed by atoms with Gasteiger partial charge in [-0.1, -0.05) is 37.3 Å². The summed E-state index contributed by atoms with van der Waals surface area (Å²) < 4.78 is 16.5. The van der Waals surface area contributed by atoms with Gasteiger partial charge in [-0.25, -0.2) is 9.59 Å². The highest BCUT2D eigenvalue weighted by atomic mass is 16.6. The van der Waals surface area contributed by atoms with Crippen LogP contribution in [-0.2, 0) is 30.4 Å². The van der Waals surface area contributed by atoms with Crippen molar-refractivity contribution in [1.29, 1.82) is 0 Å². The Morgan fingerprint density at radius 1 is 1.12 bits per heavy atom. The van der Waals surface area contributed by atoms with Crippen molar-refractivity contribution in [2.45, 2.75) is 52.4 Å². The smallest absolute Gasteiger partial charge is 0.351 e. The van der Waals surface area contributed by atoms with E-state index in [0.717, 1.165) is 5.56 Å². The maximum absolute atomic E-state index is 12.9. The van der Waals surface area contributed by atoms with Crippen molar-refractivity contribution in [3.8, 4) is 0 Å². The minimum atomic E-state index is -1.91. The lowest BCUT2D eigenvalue weighted by molar-refractivity contribution is -0.206. The Labute approximate surface area is 149 Å². The zero-order valence-corrected chi connectivity index (χ0v) is 15.7. The molecule has 140 valence electrons. The van der Waals surface area contributed by atoms with Crippen LogP contribution in [-0.4, -0.2) is 36.3 Å². The number of rotatable bonds is 8. The molecule has 0 aliphatic heterocycles. The zero-order chi connectivity index (χ0) is 19.1. The van der Waals surface area contributed by atoms with E-state index in [-0.39, 0.29) is 19.8 Å². The van der Waals surface area contributed by atoms with E-state index in [1.165, 1.54) is 0 Å². The van der Waals surface area contributed by atoms with Crippen LogP contribution >= 0.6 is 0 Å². The fraction of sp³-hybridized carbons (Fsp3) is 0.579. The molecule has 0 spiro atoms. The Balaban J connectivity index is 3.23. The van der Waals surface area contributed by atoms with Gasteiger partial charge in [-0.05, 0) is 39.8 Å². The molecule has 0 heterocycles. The van der Waals surface area contributed by atoms with Gasteiger partial charge in [-0.2, -0.15) is 0 Å². The second kappa shape index (κ2) is 8.97. The average Bonchev–Trinajstić information content (AvgIpc) is 2.54. The van der Waals surface area contributed by atoms with Crippen molar-refractivity contribution >= 4 is 11.9 Å². The van der Waals surface area contributed by atoms with Crippen molar-refractivity contribution < 1.29 is 23.8 Å². The maximum Gasteiger partial charge on any atom is 0.351 e. The fourth-order valence-electron chi connectivity index (χ4n) is 2.28. The Hall–Kier alpha value is -1.92. The zero-order valence-electron chi connectivity index (χ0n) is 15.7. The molecule has 6 heteroatoms. The molecule has 0 amide bonds. The van der Waals surface area contributed by atoms with Crippen LogP contribution in [0.15, 0.2) is 30.3 Å². The van der Waals surface area contributed by atoms with E-state index in [1.807, 2.05) is 30.3 Å². The standard InChI is InChI=1S/C19H29NO5/c1-6-23-16(21)19(14(2)12-20,17(22)25-18(3,4)5)24-13-15-10-8-7-9-11-15/h7-11,14H,6,12-13,20H2,1-5H3. The first-order chi connectivity index (χ1) is 11.7. The summed E-state index contributed by atoms with van der Waals surface area (Å²) in [6.07, 6.45) is 0. The van der Waals surface area contributed by atoms with Crippen LogP contribution in [0, 0.1) is 5.92 Å². The lowest BCUT2D eigenvalue weighted by Crippen LogP contribution is -2.58. The van der Waals surface area contributed by atoms with Crippen molar-refractivity contribution in [3.63, 3.8) is 0 Å². The van der Waals surface area contributed by atoms with Gasteiger partial charge in [-0.15, -0.1) is 0 Å². The van der Waals surface area contributed by atoms with E-state index in [2.05, 4.69) is 0 Å². The predicted octanol–water partition coefficient (Wildman–Crippen LogP) is 2.44. The molecule has 0 fully saturated rings. The minimum absolute atomic E-state index is 0.0588. The van der Waals surface area contributed by atoms with Crippen LogP contribution in [0.25, 0.3) is 0 Å². The molecule has 0 radical (unpaired) electrons. The summed E-state index contributed by atoms with van der Waals surface area (Å²) in [7, 11) is 0. The monoisotopic (exact) mass is 351 g/mol. The largest absolute Gasteiger partial charge is 0.463 e. The molecule has 0 saturated carbocycles. The van der Waals surface area contributed by atoms with E-state index in [9.17, 15) is 9.59 Å². The summed E-state index contributed by atoms with van der Waals surface area (Å²) in [5, 5.41) is 0. The van der Waals surface area contributed by atoms with E-state index in [0.29, 0.717) is 0 Å². The van der Waals surface area contributed by atoms with Crippen LogP contribution < -0.4 is 5.73 Å². The van der Waals surface area contributed by atoms with Gasteiger partial charge in [0.25, 0.3) is 5.60 Å². The summed E-state index contributed by atoms with van der Waals surface area (Å²) >= 11 is 0. The van der Waals surface area contributed by atoms with Crippen molar-refractivity contribution in [2.24, 2.45) is 11.7 Å². The number of nitrogens with two attached hydrogens (primary N) is 1. The molecular weight excluding hydrogens is 322 g/mol. The van der Waals surface area contributed by atoms with Crippen molar-refractivity contribution in [2.75, 3.05) is 13.2 Å². The fourth-order valence-corrected chi connectivity index (χ4v) is 2.28. The molecule has 2 atom stereocenters. The van der Waals surface area contributed by atoms with Crippen LogP contribution in [0.4, 0.5) is 0 Å². The summed E-state index contributed by atoms with van der Waals surface area (Å²) in [4.78, 5) is 25.6. The lowest BCUT2D eigenvalue weighted by atomic mass is 9.88. The van der Waals surface area contributed by atoms with E-state index < -0.39 is 29.1 Å². The Morgan fingerprint density at radius 3 is 2.20 bits per heavy atom. The molecular formula is C19H29NO5. The van der Waals surface area contributed by atoms with Crippen molar-refractivity contribution in [1.82, 2.24) is 0 Å². The molecule has 6 nitrogen and oxygen atoms in total. The van der Waals surface area contributed by atoms with Gasteiger partial charge >= 0.3 is 11.9 Å². The maximum atomic E-state index is 12.9. The van der Waals surface area contributed by atoms with E-state index >= 15 is 0 Å². The molecule has 25 heavy (non-hydrogen) atoms. The van der Waals surface area contributed by atoms with Crippen LogP contribution in [0.2, 0.25) is 0 Å². The first kappa shape index (κ1) is 21.1. The molecule has 0 aliphatic rings. The normalized spacial score (nSPS) is 15.1. The third-order valence-electron chi connectivity index (χ3n) is 3.64. The van der Waals surface area contributed by atoms with Crippen LogP contribution in [0.3, 0.4) is 0 Å². The Kier molecular flexibility index (Phi) is 7.58. The number of ether oxygens (including phenoxy) is 3. The van der Waals surface area contributed by atoms with Gasteiger partial charge in [0.1, 0.15) is 5.60 Å². The molecule has 0 bridgehead atoms. The highest BCUT2D eigenvalue weighted by Gasteiger charge is 2.55. The van der Waals surface area contributed by atoms with Gasteiger partial charge in [0.15, 0.2) is 0 Å². The molecule has 0 aliphatic carbocycles. The second-order valence-corrected chi connectivity index (χ2v) is 6.87. The van der Waals surface area contributed by atoms with Crippen LogP contribution in [0.1, 0.15) is 40.2 Å². The SMILES string of the molecule is CCOC(=O)C(OCc1ccccc1)(C(=O)OC(C)(C)C)C(C)CN. The third kappa shape index (κ3) is 5.54. The lowest BCUT2D eigenvalue weighted by Gasteiger charge is -2.36. The first-order valence-electron chi connectivity index (χ1n) is 8.46. The Bertz CT molecular complexity index is 567. The molecule has 2 N–H and O–H groups in total. The molecule has 1 rings (SSSR count). The van der Waals surface area contributed by atoms with Crippen LogP contribution in [0.5, 0.6) is 0 Å². The number of hydrogen-bond acceptors (Lipinski definition) is 6. The van der Waals surface area contributed by atoms with Gasteiger partial charge in [0, 0.05) is 5.92 Å². The molecule has 2 unspecified atom stereocenters. The van der Waals surface area contributed by atoms with E-state index in [1.54, 1.807) is 34.6 Å². The van der Waals surface area contributed by atoms with Crippen molar-refractivity contribution in [3.05, 3.63) is 35.9 Å². The number of carbonyl (C=O) groups is 2. The van der Waals surface area contributed by atoms with Gasteiger partial charge in [0.05, 0.1) is 13.2 Å². The van der Waals surface area contributed by atoms with E-state index in [4.69, 9.17) is 19.9 Å². The predicted molar refractivity (Wildman–Crippen MR) is 94.7 cm³/mol. The topological polar surface area (TPSA) is 87.8 Å². The molecule has 0 saturated heterocycles. The van der Waals surface area contributed by atoms with Gasteiger partial charge in [-0.3, -0.25) is 0 Å². The average molecular weight is 351 g/mol. The molecule has 1 aromatic carbocycles. The van der Waals surface area contributed by atoms with Gasteiger partial charge in [0.2, 0.25) is 0 Å². The minimum Gasteiger partial charge on any atom is -0.463 e. The summed E-state index contributed by atoms with van der Waals surface area (Å²) in [6.45, 7) is 8.76. The summed E-state index contributed by atoms with van der Waals surface area (Å²) in [6, 6.07) is 9.27. The summed E-state index contributed by atoms with van der Waals surface area (Å²) in [5.41, 5.74) is 3.90. The van der Waals surface area contributed by atoms with Gasteiger partial charge < -0.3 is 19.9 Å². The quantitative estimate of drug-likeness (QED) is 0.572. The first-order valence-corrected chi connectivity index (χ1v) is 8.46. The third-order valence-corrected chi connectivity index (χ3v) is 3.64. The highest BCUT2D eigenvalue weighted by molar-refractivity contribution is 6.04. The number of benzene rings is 1. The highest BCUT2D eigenvalue weighted by Crippen LogP contribution is 2.29. The Morgan fingerprint density at radius 2 is 1.72 bits per heavy atom. The number of hydrogen-bond donors (Lipinski definition) is 1. The number of esters is 2. The number of carbonyl (C=O) groups excluding carboxylic acids is 2. The second-order valence-electron chi connectivity index (χ2n) is 6.87. The summed E-state index contributed by atoms with van der Waals surface area (Å²) in [5.74, 6) is -2.18.